The van der Waals surface area contributed by atoms with Crippen LogP contribution >= 0.6 is 0 Å². The first kappa shape index (κ1) is 19.2. The topological polar surface area (TPSA) is 85.4 Å². The van der Waals surface area contributed by atoms with E-state index in [1.165, 1.54) is 7.11 Å². The molecule has 2 aromatic carbocycles. The number of ether oxygens (including phenoxy) is 2. The molecule has 0 spiro atoms. The summed E-state index contributed by atoms with van der Waals surface area (Å²) in [5.41, 5.74) is 3.02. The highest BCUT2D eigenvalue weighted by Crippen LogP contribution is 2.21. The third kappa shape index (κ3) is 4.76. The number of anilines is 3. The van der Waals surface area contributed by atoms with Gasteiger partial charge >= 0.3 is 5.97 Å². The number of nitrogens with one attached hydrogen (secondary N) is 2. The van der Waals surface area contributed by atoms with E-state index in [0.29, 0.717) is 23.9 Å². The molecule has 0 radical (unpaired) electrons. The van der Waals surface area contributed by atoms with Crippen LogP contribution in [0, 0.1) is 6.92 Å². The van der Waals surface area contributed by atoms with Gasteiger partial charge in [-0.3, -0.25) is 0 Å². The number of para-hydroxylation sites is 1. The SMILES string of the molecule is COC(=O)c1cccc(Nc2cc(C)nc(NCc3ccccc3OC)n2)c1. The van der Waals surface area contributed by atoms with E-state index >= 15 is 0 Å². The molecule has 0 atom stereocenters. The van der Waals surface area contributed by atoms with Gasteiger partial charge in [0.25, 0.3) is 0 Å². The van der Waals surface area contributed by atoms with Crippen molar-refractivity contribution in [1.29, 1.82) is 0 Å². The van der Waals surface area contributed by atoms with E-state index in [9.17, 15) is 4.79 Å². The molecule has 1 heterocycles. The summed E-state index contributed by atoms with van der Waals surface area (Å²) in [6.07, 6.45) is 0. The number of hydrogen-bond acceptors (Lipinski definition) is 7. The van der Waals surface area contributed by atoms with Crippen LogP contribution in [0.4, 0.5) is 17.5 Å². The first-order valence-electron chi connectivity index (χ1n) is 8.76. The molecule has 7 heteroatoms. The molecule has 7 nitrogen and oxygen atoms in total. The number of esters is 1. The predicted octanol–water partition coefficient (Wildman–Crippen LogP) is 3.94. The van der Waals surface area contributed by atoms with Crippen molar-refractivity contribution in [3.05, 3.63) is 71.4 Å². The average Bonchev–Trinajstić information content (AvgIpc) is 2.71. The minimum atomic E-state index is -0.387. The molecule has 3 rings (SSSR count). The van der Waals surface area contributed by atoms with Crippen LogP contribution < -0.4 is 15.4 Å². The normalized spacial score (nSPS) is 10.2. The minimum Gasteiger partial charge on any atom is -0.496 e. The highest BCUT2D eigenvalue weighted by Gasteiger charge is 2.08. The highest BCUT2D eigenvalue weighted by atomic mass is 16.5. The maximum absolute atomic E-state index is 11.7. The third-order valence-electron chi connectivity index (χ3n) is 4.04. The average molecular weight is 378 g/mol. The molecular weight excluding hydrogens is 356 g/mol. The van der Waals surface area contributed by atoms with Crippen molar-refractivity contribution in [3.8, 4) is 5.75 Å². The van der Waals surface area contributed by atoms with Crippen LogP contribution in [0.15, 0.2) is 54.6 Å². The van der Waals surface area contributed by atoms with E-state index in [2.05, 4.69) is 20.6 Å². The lowest BCUT2D eigenvalue weighted by Crippen LogP contribution is -2.07. The van der Waals surface area contributed by atoms with Crippen LogP contribution in [0.3, 0.4) is 0 Å². The number of carbonyl (C=O) groups is 1. The lowest BCUT2D eigenvalue weighted by molar-refractivity contribution is 0.0601. The van der Waals surface area contributed by atoms with Gasteiger partial charge in [-0.05, 0) is 31.2 Å². The zero-order chi connectivity index (χ0) is 19.9. The van der Waals surface area contributed by atoms with E-state index in [0.717, 1.165) is 22.7 Å². The predicted molar refractivity (Wildman–Crippen MR) is 108 cm³/mol. The molecule has 0 aliphatic carbocycles. The Bertz CT molecular complexity index is 975. The molecule has 28 heavy (non-hydrogen) atoms. The van der Waals surface area contributed by atoms with Crippen molar-refractivity contribution in [2.75, 3.05) is 24.9 Å². The van der Waals surface area contributed by atoms with E-state index < -0.39 is 0 Å². The molecule has 2 N–H and O–H groups in total. The summed E-state index contributed by atoms with van der Waals surface area (Å²) in [5.74, 6) is 1.54. The van der Waals surface area contributed by atoms with Crippen molar-refractivity contribution in [2.24, 2.45) is 0 Å². The van der Waals surface area contributed by atoms with Crippen LogP contribution in [0.5, 0.6) is 5.75 Å². The molecule has 0 saturated heterocycles. The van der Waals surface area contributed by atoms with Gasteiger partial charge in [-0.15, -0.1) is 0 Å². The molecule has 0 fully saturated rings. The van der Waals surface area contributed by atoms with Crippen molar-refractivity contribution in [1.82, 2.24) is 9.97 Å². The van der Waals surface area contributed by atoms with Gasteiger partial charge in [-0.2, -0.15) is 4.98 Å². The lowest BCUT2D eigenvalue weighted by Gasteiger charge is -2.12. The number of hydrogen-bond donors (Lipinski definition) is 2. The summed E-state index contributed by atoms with van der Waals surface area (Å²) < 4.78 is 10.1. The number of aryl methyl sites for hydroxylation is 1. The minimum absolute atomic E-state index is 0.387. The molecule has 0 aliphatic rings. The third-order valence-corrected chi connectivity index (χ3v) is 4.04. The maximum Gasteiger partial charge on any atom is 0.337 e. The van der Waals surface area contributed by atoms with Gasteiger partial charge in [-0.25, -0.2) is 9.78 Å². The zero-order valence-electron chi connectivity index (χ0n) is 16.0. The Labute approximate surface area is 163 Å². The number of benzene rings is 2. The standard InChI is InChI=1S/C21H22N4O3/c1-14-11-19(24-17-9-6-8-15(12-17)20(26)28-3)25-21(23-14)22-13-16-7-4-5-10-18(16)27-2/h4-12H,13H2,1-3H3,(H2,22,23,24,25). The molecule has 0 amide bonds. The fourth-order valence-electron chi connectivity index (χ4n) is 2.72. The van der Waals surface area contributed by atoms with Gasteiger partial charge in [-0.1, -0.05) is 24.3 Å². The van der Waals surface area contributed by atoms with Crippen molar-refractivity contribution >= 4 is 23.4 Å². The van der Waals surface area contributed by atoms with Crippen LogP contribution in [0.25, 0.3) is 0 Å². The Morgan fingerprint density at radius 2 is 1.86 bits per heavy atom. The zero-order valence-corrected chi connectivity index (χ0v) is 16.0. The van der Waals surface area contributed by atoms with E-state index in [1.807, 2.05) is 43.3 Å². The van der Waals surface area contributed by atoms with Crippen LogP contribution in [0.2, 0.25) is 0 Å². The van der Waals surface area contributed by atoms with Crippen LogP contribution in [0.1, 0.15) is 21.6 Å². The first-order valence-corrected chi connectivity index (χ1v) is 8.76. The molecule has 0 saturated carbocycles. The smallest absolute Gasteiger partial charge is 0.337 e. The molecule has 144 valence electrons. The Kier molecular flexibility index (Phi) is 6.06. The quantitative estimate of drug-likeness (QED) is 0.602. The molecule has 0 bridgehead atoms. The summed E-state index contributed by atoms with van der Waals surface area (Å²) in [6.45, 7) is 2.43. The summed E-state index contributed by atoms with van der Waals surface area (Å²) >= 11 is 0. The number of aromatic nitrogens is 2. The molecular formula is C21H22N4O3. The monoisotopic (exact) mass is 378 g/mol. The summed E-state index contributed by atoms with van der Waals surface area (Å²) in [6, 6.07) is 16.7. The van der Waals surface area contributed by atoms with Crippen molar-refractivity contribution < 1.29 is 14.3 Å². The van der Waals surface area contributed by atoms with Crippen LogP contribution in [-0.2, 0) is 11.3 Å². The van der Waals surface area contributed by atoms with Crippen molar-refractivity contribution in [2.45, 2.75) is 13.5 Å². The van der Waals surface area contributed by atoms with Gasteiger partial charge in [0.05, 0.1) is 19.8 Å². The molecule has 3 aromatic rings. The number of rotatable bonds is 7. The van der Waals surface area contributed by atoms with Gasteiger partial charge in [0.15, 0.2) is 0 Å². The van der Waals surface area contributed by atoms with Crippen molar-refractivity contribution in [3.63, 3.8) is 0 Å². The number of methoxy groups -OCH3 is 2. The Balaban J connectivity index is 1.75. The first-order chi connectivity index (χ1) is 13.6. The van der Waals surface area contributed by atoms with E-state index in [4.69, 9.17) is 9.47 Å². The van der Waals surface area contributed by atoms with E-state index in [1.54, 1.807) is 25.3 Å². The van der Waals surface area contributed by atoms with Gasteiger partial charge in [0, 0.05) is 29.6 Å². The molecule has 1 aromatic heterocycles. The largest absolute Gasteiger partial charge is 0.496 e. The highest BCUT2D eigenvalue weighted by molar-refractivity contribution is 5.90. The summed E-state index contributed by atoms with van der Waals surface area (Å²) in [4.78, 5) is 20.6. The van der Waals surface area contributed by atoms with Gasteiger partial charge in [0.2, 0.25) is 5.95 Å². The summed E-state index contributed by atoms with van der Waals surface area (Å²) in [7, 11) is 3.00. The van der Waals surface area contributed by atoms with E-state index in [-0.39, 0.29) is 5.97 Å². The lowest BCUT2D eigenvalue weighted by atomic mass is 10.2. The number of carbonyl (C=O) groups excluding carboxylic acids is 1. The van der Waals surface area contributed by atoms with Gasteiger partial charge in [0.1, 0.15) is 11.6 Å². The second kappa shape index (κ2) is 8.85. The van der Waals surface area contributed by atoms with Gasteiger partial charge < -0.3 is 20.1 Å². The summed E-state index contributed by atoms with van der Waals surface area (Å²) in [5, 5.41) is 6.43. The Morgan fingerprint density at radius 1 is 1.04 bits per heavy atom. The molecule has 0 aliphatic heterocycles. The maximum atomic E-state index is 11.7. The fourth-order valence-corrected chi connectivity index (χ4v) is 2.72. The Morgan fingerprint density at radius 3 is 2.64 bits per heavy atom. The van der Waals surface area contributed by atoms with Crippen LogP contribution in [-0.4, -0.2) is 30.2 Å². The fraction of sp³-hybridized carbons (Fsp3) is 0.190. The second-order valence-corrected chi connectivity index (χ2v) is 6.08. The number of nitrogens with zero attached hydrogens (tertiary/aromatic N) is 2. The Hall–Kier alpha value is -3.61. The molecule has 0 unspecified atom stereocenters. The second-order valence-electron chi connectivity index (χ2n) is 6.08.